The normalized spacial score (nSPS) is 16.6. The molecule has 6 nitrogen and oxygen atoms in total. The molecule has 0 radical (unpaired) electrons. The highest BCUT2D eigenvalue weighted by Gasteiger charge is 2.22. The first-order valence-electron chi connectivity index (χ1n) is 9.64. The molecular formula is C22H20N4O2S. The largest absolute Gasteiger partial charge is 0.437 e. The molecule has 3 heterocycles. The molecule has 7 heteroatoms. The minimum absolute atomic E-state index is 0.229. The fourth-order valence-electron chi connectivity index (χ4n) is 3.42. The maximum absolute atomic E-state index is 6.05. The molecule has 1 aliphatic heterocycles. The van der Waals surface area contributed by atoms with Crippen LogP contribution in [0.4, 0.5) is 10.8 Å². The number of anilines is 2. The highest BCUT2D eigenvalue weighted by molar-refractivity contribution is 7.22. The number of rotatable bonds is 5. The first-order chi connectivity index (χ1) is 14.3. The van der Waals surface area contributed by atoms with Crippen LogP contribution in [0.2, 0.25) is 0 Å². The number of aromatic nitrogens is 3. The van der Waals surface area contributed by atoms with Gasteiger partial charge in [-0.25, -0.2) is 9.97 Å². The van der Waals surface area contributed by atoms with Crippen LogP contribution >= 0.6 is 11.3 Å². The Balaban J connectivity index is 1.31. The van der Waals surface area contributed by atoms with E-state index in [0.717, 1.165) is 51.9 Å². The number of nitrogens with one attached hydrogen (secondary N) is 1. The summed E-state index contributed by atoms with van der Waals surface area (Å²) in [5.41, 5.74) is 2.82. The molecule has 1 atom stereocenters. The molecule has 0 saturated carbocycles. The smallest absolute Gasteiger partial charge is 0.241 e. The van der Waals surface area contributed by atoms with Crippen molar-refractivity contribution in [3.05, 3.63) is 66.6 Å². The summed E-state index contributed by atoms with van der Waals surface area (Å²) < 4.78 is 12.8. The van der Waals surface area contributed by atoms with Crippen LogP contribution in [0.5, 0.6) is 11.6 Å². The van der Waals surface area contributed by atoms with Gasteiger partial charge in [-0.3, -0.25) is 4.98 Å². The lowest BCUT2D eigenvalue weighted by Crippen LogP contribution is -2.17. The summed E-state index contributed by atoms with van der Waals surface area (Å²) in [6.45, 7) is 1.48. The van der Waals surface area contributed by atoms with Gasteiger partial charge in [0.1, 0.15) is 11.4 Å². The summed E-state index contributed by atoms with van der Waals surface area (Å²) in [6, 6.07) is 15.9. The molecule has 1 fully saturated rings. The Labute approximate surface area is 172 Å². The lowest BCUT2D eigenvalue weighted by atomic mass is 9.98. The number of hydrogen-bond acceptors (Lipinski definition) is 7. The Kier molecular flexibility index (Phi) is 5.06. The van der Waals surface area contributed by atoms with E-state index in [9.17, 15) is 0 Å². The van der Waals surface area contributed by atoms with E-state index in [1.807, 2.05) is 42.5 Å². The second kappa shape index (κ2) is 8.14. The van der Waals surface area contributed by atoms with Gasteiger partial charge in [0.25, 0.3) is 0 Å². The maximum Gasteiger partial charge on any atom is 0.241 e. The molecule has 0 aliphatic carbocycles. The van der Waals surface area contributed by atoms with Gasteiger partial charge in [0.2, 0.25) is 5.88 Å². The standard InChI is InChI=1S/C22H20N4O2S/c1-2-6-19-18(5-1)26-22(29-19)25-16-7-9-17(10-8-16)28-21-20(23-11-12-24-21)15-4-3-13-27-14-15/h1-2,5-12,15H,3-4,13-14H2,(H,25,26)/t15-/m1/s1. The Morgan fingerprint density at radius 1 is 1.03 bits per heavy atom. The first-order valence-corrected chi connectivity index (χ1v) is 10.5. The van der Waals surface area contributed by atoms with E-state index >= 15 is 0 Å². The molecule has 1 saturated heterocycles. The highest BCUT2D eigenvalue weighted by atomic mass is 32.1. The van der Waals surface area contributed by atoms with E-state index in [1.165, 1.54) is 0 Å². The monoisotopic (exact) mass is 404 g/mol. The molecule has 0 spiro atoms. The predicted octanol–water partition coefficient (Wildman–Crippen LogP) is 5.52. The van der Waals surface area contributed by atoms with Gasteiger partial charge in [0.05, 0.1) is 16.8 Å². The van der Waals surface area contributed by atoms with Gasteiger partial charge >= 0.3 is 0 Å². The Morgan fingerprint density at radius 3 is 2.72 bits per heavy atom. The van der Waals surface area contributed by atoms with Gasteiger partial charge in [-0.1, -0.05) is 23.5 Å². The van der Waals surface area contributed by atoms with Gasteiger partial charge in [-0.2, -0.15) is 0 Å². The Morgan fingerprint density at radius 2 is 1.90 bits per heavy atom. The molecule has 2 aromatic carbocycles. The molecule has 29 heavy (non-hydrogen) atoms. The molecule has 0 bridgehead atoms. The second-order valence-electron chi connectivity index (χ2n) is 6.90. The molecule has 1 N–H and O–H groups in total. The summed E-state index contributed by atoms with van der Waals surface area (Å²) in [4.78, 5) is 13.5. The molecule has 5 rings (SSSR count). The van der Waals surface area contributed by atoms with Gasteiger partial charge < -0.3 is 14.8 Å². The SMILES string of the molecule is c1ccc2sc(Nc3ccc(Oc4nccnc4[C@@H]4CCCOC4)cc3)nc2c1. The number of thiazole rings is 1. The zero-order chi connectivity index (χ0) is 19.5. The molecular weight excluding hydrogens is 384 g/mol. The average molecular weight is 404 g/mol. The maximum atomic E-state index is 6.05. The van der Waals surface area contributed by atoms with Crippen molar-refractivity contribution in [1.29, 1.82) is 0 Å². The molecule has 1 aliphatic rings. The number of ether oxygens (including phenoxy) is 2. The van der Waals surface area contributed by atoms with Gasteiger partial charge in [-0.05, 0) is 49.2 Å². The molecule has 0 amide bonds. The highest BCUT2D eigenvalue weighted by Crippen LogP contribution is 2.33. The lowest BCUT2D eigenvalue weighted by Gasteiger charge is -2.22. The van der Waals surface area contributed by atoms with Crippen LogP contribution in [-0.2, 0) is 4.74 Å². The fourth-order valence-corrected chi connectivity index (χ4v) is 4.30. The minimum Gasteiger partial charge on any atom is -0.437 e. The summed E-state index contributed by atoms with van der Waals surface area (Å²) in [7, 11) is 0. The minimum atomic E-state index is 0.229. The third-order valence-electron chi connectivity index (χ3n) is 4.85. The van der Waals surface area contributed by atoms with E-state index in [1.54, 1.807) is 23.7 Å². The van der Waals surface area contributed by atoms with Crippen molar-refractivity contribution in [3.63, 3.8) is 0 Å². The molecule has 2 aromatic heterocycles. The summed E-state index contributed by atoms with van der Waals surface area (Å²) in [6.07, 6.45) is 5.44. The van der Waals surface area contributed by atoms with Crippen molar-refractivity contribution in [2.24, 2.45) is 0 Å². The summed E-state index contributed by atoms with van der Waals surface area (Å²) in [5, 5.41) is 4.22. The molecule has 0 unspecified atom stereocenters. The van der Waals surface area contributed by atoms with Gasteiger partial charge in [-0.15, -0.1) is 0 Å². The van der Waals surface area contributed by atoms with Crippen molar-refractivity contribution in [2.45, 2.75) is 18.8 Å². The molecule has 146 valence electrons. The Hall–Kier alpha value is -3.03. The number of nitrogens with zero attached hydrogens (tertiary/aromatic N) is 3. The number of benzene rings is 2. The fraction of sp³-hybridized carbons (Fsp3) is 0.227. The number of para-hydroxylation sites is 1. The van der Waals surface area contributed by atoms with Crippen molar-refractivity contribution in [3.8, 4) is 11.6 Å². The Bertz CT molecular complexity index is 1070. The van der Waals surface area contributed by atoms with E-state index in [-0.39, 0.29) is 5.92 Å². The van der Waals surface area contributed by atoms with E-state index in [0.29, 0.717) is 12.5 Å². The third kappa shape index (κ3) is 4.06. The van der Waals surface area contributed by atoms with Crippen LogP contribution in [0.3, 0.4) is 0 Å². The van der Waals surface area contributed by atoms with Gasteiger partial charge in [0.15, 0.2) is 5.13 Å². The zero-order valence-corrected chi connectivity index (χ0v) is 16.6. The van der Waals surface area contributed by atoms with Crippen LogP contribution in [0.1, 0.15) is 24.5 Å². The van der Waals surface area contributed by atoms with Crippen molar-refractivity contribution in [2.75, 3.05) is 18.5 Å². The van der Waals surface area contributed by atoms with Crippen LogP contribution in [0.15, 0.2) is 60.9 Å². The van der Waals surface area contributed by atoms with Crippen molar-refractivity contribution >= 4 is 32.4 Å². The van der Waals surface area contributed by atoms with Crippen LogP contribution in [0, 0.1) is 0 Å². The number of hydrogen-bond donors (Lipinski definition) is 1. The van der Waals surface area contributed by atoms with Crippen LogP contribution in [-0.4, -0.2) is 28.2 Å². The summed E-state index contributed by atoms with van der Waals surface area (Å²) >= 11 is 1.63. The van der Waals surface area contributed by atoms with E-state index in [4.69, 9.17) is 9.47 Å². The first kappa shape index (κ1) is 18.0. The van der Waals surface area contributed by atoms with Crippen molar-refractivity contribution < 1.29 is 9.47 Å². The average Bonchev–Trinajstić information content (AvgIpc) is 3.18. The third-order valence-corrected chi connectivity index (χ3v) is 5.80. The molecule has 4 aromatic rings. The van der Waals surface area contributed by atoms with E-state index < -0.39 is 0 Å². The van der Waals surface area contributed by atoms with E-state index in [2.05, 4.69) is 26.3 Å². The summed E-state index contributed by atoms with van der Waals surface area (Å²) in [5.74, 6) is 1.50. The number of fused-ring (bicyclic) bond motifs is 1. The van der Waals surface area contributed by atoms with Crippen LogP contribution < -0.4 is 10.1 Å². The van der Waals surface area contributed by atoms with Crippen LogP contribution in [0.25, 0.3) is 10.2 Å². The topological polar surface area (TPSA) is 69.2 Å². The predicted molar refractivity (Wildman–Crippen MR) is 114 cm³/mol. The quantitative estimate of drug-likeness (QED) is 0.473. The zero-order valence-electron chi connectivity index (χ0n) is 15.7. The second-order valence-corrected chi connectivity index (χ2v) is 7.93. The van der Waals surface area contributed by atoms with Crippen molar-refractivity contribution in [1.82, 2.24) is 15.0 Å². The lowest BCUT2D eigenvalue weighted by molar-refractivity contribution is 0.0784. The van der Waals surface area contributed by atoms with Gasteiger partial charge in [0, 0.05) is 30.6 Å².